The normalized spacial score (nSPS) is 11.2. The highest BCUT2D eigenvalue weighted by atomic mass is 32.2. The number of nitrogens with zero attached hydrogens (tertiary/aromatic N) is 1. The molecule has 6 rings (SSSR count). The Morgan fingerprint density at radius 1 is 0.816 bits per heavy atom. The second-order valence-electron chi connectivity index (χ2n) is 11.0. The molecule has 0 unspecified atom stereocenters. The van der Waals surface area contributed by atoms with E-state index < -0.39 is 11.8 Å². The molecule has 0 atom stereocenters. The van der Waals surface area contributed by atoms with Gasteiger partial charge in [-0.15, -0.1) is 11.8 Å². The number of benzene rings is 5. The summed E-state index contributed by atoms with van der Waals surface area (Å²) in [6, 6.07) is 39.0. The minimum Gasteiger partial charge on any atom is -0.489 e. The minimum atomic E-state index is -0.500. The summed E-state index contributed by atoms with van der Waals surface area (Å²) in [7, 11) is 0. The van der Waals surface area contributed by atoms with Gasteiger partial charge in [0.1, 0.15) is 18.1 Å². The van der Waals surface area contributed by atoms with Crippen molar-refractivity contribution in [2.75, 3.05) is 16.4 Å². The van der Waals surface area contributed by atoms with E-state index >= 15 is 0 Å². The molecule has 0 bridgehead atoms. The molecule has 3 amide bonds. The third-order valence-electron chi connectivity index (χ3n) is 7.22. The highest BCUT2D eigenvalue weighted by molar-refractivity contribution is 8.00. The number of carbonyl (C=O) groups excluding carboxylic acids is 3. The Hall–Kier alpha value is -5.71. The fourth-order valence-electron chi connectivity index (χ4n) is 4.76. The molecule has 49 heavy (non-hydrogen) atoms. The van der Waals surface area contributed by atoms with Gasteiger partial charge in [-0.1, -0.05) is 84.1 Å². The number of anilines is 2. The Kier molecular flexibility index (Phi) is 10.8. The average Bonchev–Trinajstić information content (AvgIpc) is 3.52. The van der Waals surface area contributed by atoms with Crippen molar-refractivity contribution in [3.05, 3.63) is 155 Å². The van der Waals surface area contributed by atoms with Crippen molar-refractivity contribution in [1.29, 1.82) is 0 Å². The number of hydrogen-bond donors (Lipinski definition) is 3. The van der Waals surface area contributed by atoms with Crippen molar-refractivity contribution in [3.8, 4) is 5.75 Å². The quantitative estimate of drug-likeness (QED) is 0.0884. The maximum Gasteiger partial charge on any atom is 0.272 e. The molecule has 0 saturated heterocycles. The van der Waals surface area contributed by atoms with Crippen LogP contribution in [0.4, 0.5) is 10.8 Å². The molecular weight excluding hydrogens is 653 g/mol. The van der Waals surface area contributed by atoms with Gasteiger partial charge in [0.15, 0.2) is 5.13 Å². The van der Waals surface area contributed by atoms with Crippen molar-refractivity contribution in [2.45, 2.75) is 18.4 Å². The molecule has 8 nitrogen and oxygen atoms in total. The standard InChI is InChI=1S/C39H32N4O4S2/c1-26-15-20-33-35(21-26)49-39(42-33)43-36(44)25-48-32-14-8-13-30(23-32)40-38(46)34(41-37(45)29-11-6-3-7-12-29)22-27-16-18-31(19-17-27)47-24-28-9-4-2-5-10-28/h2-23H,24-25H2,1H3,(H,40,46)(H,41,45)(H,42,43,44)/b34-22-. The molecule has 0 aliphatic carbocycles. The van der Waals surface area contributed by atoms with Crippen molar-refractivity contribution < 1.29 is 19.1 Å². The lowest BCUT2D eigenvalue weighted by Crippen LogP contribution is -2.30. The molecule has 5 aromatic carbocycles. The van der Waals surface area contributed by atoms with E-state index in [4.69, 9.17) is 4.74 Å². The van der Waals surface area contributed by atoms with Gasteiger partial charge in [0.05, 0.1) is 16.0 Å². The first-order valence-corrected chi connectivity index (χ1v) is 17.2. The number of aryl methyl sites for hydroxylation is 1. The van der Waals surface area contributed by atoms with Crippen LogP contribution in [0.2, 0.25) is 0 Å². The van der Waals surface area contributed by atoms with Crippen LogP contribution in [0.15, 0.2) is 138 Å². The van der Waals surface area contributed by atoms with E-state index in [1.54, 1.807) is 48.5 Å². The molecule has 1 aromatic heterocycles. The highest BCUT2D eigenvalue weighted by Gasteiger charge is 2.16. The van der Waals surface area contributed by atoms with Gasteiger partial charge in [-0.3, -0.25) is 14.4 Å². The number of fused-ring (bicyclic) bond motifs is 1. The third kappa shape index (κ3) is 9.44. The summed E-state index contributed by atoms with van der Waals surface area (Å²) in [5.74, 6) is -0.252. The van der Waals surface area contributed by atoms with Gasteiger partial charge in [-0.2, -0.15) is 0 Å². The predicted molar refractivity (Wildman–Crippen MR) is 198 cm³/mol. The van der Waals surface area contributed by atoms with Crippen molar-refractivity contribution in [1.82, 2.24) is 10.3 Å². The van der Waals surface area contributed by atoms with E-state index in [0.717, 1.165) is 26.2 Å². The summed E-state index contributed by atoms with van der Waals surface area (Å²) in [5.41, 5.74) is 4.74. The number of rotatable bonds is 12. The number of nitrogens with one attached hydrogen (secondary N) is 3. The summed E-state index contributed by atoms with van der Waals surface area (Å²) >= 11 is 2.78. The number of aromatic nitrogens is 1. The van der Waals surface area contributed by atoms with Crippen LogP contribution in [-0.4, -0.2) is 28.5 Å². The van der Waals surface area contributed by atoms with Gasteiger partial charge < -0.3 is 20.7 Å². The van der Waals surface area contributed by atoms with E-state index in [1.165, 1.54) is 23.1 Å². The first kappa shape index (κ1) is 33.2. The smallest absolute Gasteiger partial charge is 0.272 e. The van der Waals surface area contributed by atoms with E-state index in [-0.39, 0.29) is 17.4 Å². The predicted octanol–water partition coefficient (Wildman–Crippen LogP) is 8.32. The summed E-state index contributed by atoms with van der Waals surface area (Å²) in [5, 5.41) is 9.09. The van der Waals surface area contributed by atoms with E-state index in [9.17, 15) is 14.4 Å². The molecular formula is C39H32N4O4S2. The first-order chi connectivity index (χ1) is 23.9. The molecule has 0 aliphatic heterocycles. The monoisotopic (exact) mass is 684 g/mol. The second-order valence-corrected chi connectivity index (χ2v) is 13.1. The summed E-state index contributed by atoms with van der Waals surface area (Å²) in [6.07, 6.45) is 1.61. The Labute approximate surface area is 292 Å². The van der Waals surface area contributed by atoms with E-state index in [2.05, 4.69) is 20.9 Å². The van der Waals surface area contributed by atoms with Gasteiger partial charge in [-0.25, -0.2) is 4.98 Å². The van der Waals surface area contributed by atoms with Gasteiger partial charge in [0.2, 0.25) is 5.91 Å². The zero-order valence-electron chi connectivity index (χ0n) is 26.5. The van der Waals surface area contributed by atoms with Crippen molar-refractivity contribution in [3.63, 3.8) is 0 Å². The van der Waals surface area contributed by atoms with Crippen LogP contribution in [0.3, 0.4) is 0 Å². The minimum absolute atomic E-state index is 0.0651. The number of thioether (sulfide) groups is 1. The Morgan fingerprint density at radius 3 is 2.35 bits per heavy atom. The summed E-state index contributed by atoms with van der Waals surface area (Å²) in [6.45, 7) is 2.45. The molecule has 3 N–H and O–H groups in total. The lowest BCUT2D eigenvalue weighted by atomic mass is 10.1. The van der Waals surface area contributed by atoms with Crippen LogP contribution < -0.4 is 20.7 Å². The molecule has 0 saturated carbocycles. The molecule has 244 valence electrons. The van der Waals surface area contributed by atoms with Crippen molar-refractivity contribution >= 4 is 67.9 Å². The van der Waals surface area contributed by atoms with E-state index in [1.807, 2.05) is 91.9 Å². The third-order valence-corrected chi connectivity index (χ3v) is 9.15. The molecule has 1 heterocycles. The van der Waals surface area contributed by atoms with E-state index in [0.29, 0.717) is 34.3 Å². The number of hydrogen-bond acceptors (Lipinski definition) is 7. The fourth-order valence-corrected chi connectivity index (χ4v) is 6.50. The van der Waals surface area contributed by atoms with Gasteiger partial charge in [0, 0.05) is 16.1 Å². The lowest BCUT2D eigenvalue weighted by molar-refractivity contribution is -0.114. The average molecular weight is 685 g/mol. The zero-order valence-corrected chi connectivity index (χ0v) is 28.1. The molecule has 0 spiro atoms. The Bertz CT molecular complexity index is 2110. The molecule has 6 aromatic rings. The molecule has 0 fully saturated rings. The zero-order chi connectivity index (χ0) is 34.0. The molecule has 0 aliphatic rings. The maximum absolute atomic E-state index is 13.6. The van der Waals surface area contributed by atoms with Crippen LogP contribution in [0.5, 0.6) is 5.75 Å². The molecule has 0 radical (unpaired) electrons. The van der Waals surface area contributed by atoms with Crippen LogP contribution in [0.25, 0.3) is 16.3 Å². The van der Waals surface area contributed by atoms with Crippen LogP contribution in [0.1, 0.15) is 27.0 Å². The van der Waals surface area contributed by atoms with Crippen molar-refractivity contribution in [2.24, 2.45) is 0 Å². The van der Waals surface area contributed by atoms with Gasteiger partial charge in [-0.05, 0) is 84.3 Å². The number of carbonyl (C=O) groups is 3. The summed E-state index contributed by atoms with van der Waals surface area (Å²) in [4.78, 5) is 44.7. The fraction of sp³-hybridized carbons (Fsp3) is 0.0769. The maximum atomic E-state index is 13.6. The van der Waals surface area contributed by atoms with Crippen LogP contribution >= 0.6 is 23.1 Å². The lowest BCUT2D eigenvalue weighted by Gasteiger charge is -2.12. The van der Waals surface area contributed by atoms with Gasteiger partial charge in [0.25, 0.3) is 11.8 Å². The second kappa shape index (κ2) is 15.9. The largest absolute Gasteiger partial charge is 0.489 e. The van der Waals surface area contributed by atoms with Gasteiger partial charge >= 0.3 is 0 Å². The highest BCUT2D eigenvalue weighted by Crippen LogP contribution is 2.28. The topological polar surface area (TPSA) is 109 Å². The van der Waals surface area contributed by atoms with Crippen LogP contribution in [-0.2, 0) is 16.2 Å². The Balaban J connectivity index is 1.11. The first-order valence-electron chi connectivity index (χ1n) is 15.4. The Morgan fingerprint density at radius 2 is 1.57 bits per heavy atom. The SMILES string of the molecule is Cc1ccc2nc(NC(=O)CSc3cccc(NC(=O)/C(=C/c4ccc(OCc5ccccc5)cc4)NC(=O)c4ccccc4)c3)sc2c1. The summed E-state index contributed by atoms with van der Waals surface area (Å²) < 4.78 is 6.91. The number of thiazole rings is 1. The van der Waals surface area contributed by atoms with Crippen LogP contribution in [0, 0.1) is 6.92 Å². The number of ether oxygens (including phenoxy) is 1. The number of amides is 3. The molecule has 10 heteroatoms.